The van der Waals surface area contributed by atoms with Crippen molar-refractivity contribution in [1.29, 1.82) is 0 Å². The molecule has 0 aliphatic heterocycles. The highest BCUT2D eigenvalue weighted by Crippen LogP contribution is 2.19. The number of halogens is 1. The van der Waals surface area contributed by atoms with Gasteiger partial charge >= 0.3 is 0 Å². The van der Waals surface area contributed by atoms with Gasteiger partial charge in [0, 0.05) is 29.1 Å². The normalized spacial score (nSPS) is 11.6. The van der Waals surface area contributed by atoms with Crippen LogP contribution in [-0.4, -0.2) is 21.7 Å². The van der Waals surface area contributed by atoms with Gasteiger partial charge in [0.1, 0.15) is 0 Å². The first kappa shape index (κ1) is 16.9. The molecule has 6 heteroatoms. The number of hydrogen-bond acceptors (Lipinski definition) is 5. The molecule has 2 rings (SSSR count). The Bertz CT molecular complexity index is 592. The molecule has 120 valence electrons. The molecule has 0 aliphatic carbocycles. The third-order valence-electron chi connectivity index (χ3n) is 3.24. The quantitative estimate of drug-likeness (QED) is 0.737. The molecule has 0 atom stereocenters. The molecule has 0 bridgehead atoms. The van der Waals surface area contributed by atoms with Crippen molar-refractivity contribution >= 4 is 21.6 Å². The average molecular weight is 367 g/mol. The van der Waals surface area contributed by atoms with E-state index in [0.29, 0.717) is 0 Å². The van der Waals surface area contributed by atoms with Gasteiger partial charge in [0.15, 0.2) is 5.82 Å². The van der Waals surface area contributed by atoms with Crippen LogP contribution >= 0.6 is 15.9 Å². The average Bonchev–Trinajstić information content (AvgIpc) is 2.91. The van der Waals surface area contributed by atoms with E-state index >= 15 is 0 Å². The topological polar surface area (TPSA) is 63.8 Å². The highest BCUT2D eigenvalue weighted by Gasteiger charge is 2.20. The first-order valence-corrected chi connectivity index (χ1v) is 8.42. The fourth-order valence-corrected chi connectivity index (χ4v) is 2.35. The van der Waals surface area contributed by atoms with E-state index in [9.17, 15) is 0 Å². The number of rotatable bonds is 7. The van der Waals surface area contributed by atoms with Gasteiger partial charge in [-0.05, 0) is 34.8 Å². The Morgan fingerprint density at radius 3 is 2.68 bits per heavy atom. The Labute approximate surface area is 140 Å². The molecule has 5 nitrogen and oxygen atoms in total. The van der Waals surface area contributed by atoms with Crippen LogP contribution in [0.25, 0.3) is 0 Å². The predicted octanol–water partition coefficient (Wildman–Crippen LogP) is 4.35. The van der Waals surface area contributed by atoms with E-state index in [1.807, 2.05) is 12.3 Å². The van der Waals surface area contributed by atoms with Crippen LogP contribution in [0.1, 0.15) is 51.7 Å². The van der Waals surface area contributed by atoms with Crippen molar-refractivity contribution in [2.45, 2.75) is 51.9 Å². The summed E-state index contributed by atoms with van der Waals surface area (Å²) in [6, 6.07) is 2.03. The lowest BCUT2D eigenvalue weighted by Gasteiger charge is -2.10. The zero-order chi connectivity index (χ0) is 16.0. The molecule has 22 heavy (non-hydrogen) atoms. The fourth-order valence-electron chi connectivity index (χ4n) is 1.98. The van der Waals surface area contributed by atoms with E-state index in [4.69, 9.17) is 4.52 Å². The third kappa shape index (κ3) is 5.40. The molecule has 0 aromatic carbocycles. The van der Waals surface area contributed by atoms with Crippen LogP contribution in [0.5, 0.6) is 0 Å². The van der Waals surface area contributed by atoms with Crippen LogP contribution in [-0.2, 0) is 11.8 Å². The molecule has 0 radical (unpaired) electrons. The van der Waals surface area contributed by atoms with Gasteiger partial charge in [0.25, 0.3) is 0 Å². The second-order valence-electron chi connectivity index (χ2n) is 6.39. The molecule has 0 aliphatic rings. The molecule has 2 aromatic rings. The summed E-state index contributed by atoms with van der Waals surface area (Å²) >= 11 is 3.41. The monoisotopic (exact) mass is 366 g/mol. The third-order valence-corrected chi connectivity index (χ3v) is 3.67. The van der Waals surface area contributed by atoms with Gasteiger partial charge in [0.2, 0.25) is 5.89 Å². The van der Waals surface area contributed by atoms with E-state index < -0.39 is 0 Å². The van der Waals surface area contributed by atoms with Gasteiger partial charge in [-0.1, -0.05) is 32.3 Å². The number of anilines is 1. The molecular formula is C16H23BrN4O. The van der Waals surface area contributed by atoms with Gasteiger partial charge in [-0.25, -0.2) is 0 Å². The zero-order valence-electron chi connectivity index (χ0n) is 13.4. The Balaban J connectivity index is 1.62. The van der Waals surface area contributed by atoms with Crippen LogP contribution in [0.4, 0.5) is 5.69 Å². The van der Waals surface area contributed by atoms with Crippen molar-refractivity contribution in [3.8, 4) is 0 Å². The number of aromatic nitrogens is 3. The van der Waals surface area contributed by atoms with Crippen molar-refractivity contribution in [1.82, 2.24) is 15.1 Å². The first-order chi connectivity index (χ1) is 10.4. The van der Waals surface area contributed by atoms with E-state index in [0.717, 1.165) is 54.1 Å². The maximum atomic E-state index is 5.29. The Morgan fingerprint density at radius 2 is 2.00 bits per heavy atom. The number of unbranched alkanes of at least 4 members (excludes halogenated alkanes) is 2. The molecule has 2 heterocycles. The highest BCUT2D eigenvalue weighted by molar-refractivity contribution is 9.10. The number of nitrogens with zero attached hydrogens (tertiary/aromatic N) is 3. The second-order valence-corrected chi connectivity index (χ2v) is 7.31. The first-order valence-electron chi connectivity index (χ1n) is 7.62. The van der Waals surface area contributed by atoms with E-state index in [-0.39, 0.29) is 5.41 Å². The fraction of sp³-hybridized carbons (Fsp3) is 0.562. The maximum Gasteiger partial charge on any atom is 0.226 e. The lowest BCUT2D eigenvalue weighted by molar-refractivity contribution is 0.359. The molecule has 0 unspecified atom stereocenters. The van der Waals surface area contributed by atoms with Crippen molar-refractivity contribution in [2.75, 3.05) is 11.9 Å². The number of nitrogens with one attached hydrogen (secondary N) is 1. The van der Waals surface area contributed by atoms with Crippen LogP contribution < -0.4 is 5.32 Å². The lowest BCUT2D eigenvalue weighted by atomic mass is 9.96. The molecule has 2 aromatic heterocycles. The van der Waals surface area contributed by atoms with Gasteiger partial charge in [-0.3, -0.25) is 4.98 Å². The number of pyridine rings is 1. The van der Waals surface area contributed by atoms with Crippen LogP contribution in [0, 0.1) is 0 Å². The maximum absolute atomic E-state index is 5.29. The van der Waals surface area contributed by atoms with Crippen LogP contribution in [0.3, 0.4) is 0 Å². The summed E-state index contributed by atoms with van der Waals surface area (Å²) in [6.07, 6.45) is 7.75. The minimum atomic E-state index is -0.0519. The summed E-state index contributed by atoms with van der Waals surface area (Å²) in [5.74, 6) is 1.53. The summed E-state index contributed by atoms with van der Waals surface area (Å²) in [7, 11) is 0. The molecule has 0 fully saturated rings. The minimum Gasteiger partial charge on any atom is -0.384 e. The molecular weight excluding hydrogens is 344 g/mol. The van der Waals surface area contributed by atoms with Gasteiger partial charge < -0.3 is 9.84 Å². The predicted molar refractivity (Wildman–Crippen MR) is 91.0 cm³/mol. The van der Waals surface area contributed by atoms with Crippen molar-refractivity contribution < 1.29 is 4.52 Å². The van der Waals surface area contributed by atoms with Gasteiger partial charge in [0.05, 0.1) is 11.9 Å². The Morgan fingerprint density at radius 1 is 1.18 bits per heavy atom. The van der Waals surface area contributed by atoms with Gasteiger partial charge in [-0.15, -0.1) is 0 Å². The van der Waals surface area contributed by atoms with Gasteiger partial charge in [-0.2, -0.15) is 4.98 Å². The number of aryl methyl sites for hydroxylation is 1. The zero-order valence-corrected chi connectivity index (χ0v) is 15.0. The smallest absolute Gasteiger partial charge is 0.226 e. The van der Waals surface area contributed by atoms with Crippen molar-refractivity contribution in [3.63, 3.8) is 0 Å². The molecule has 0 amide bonds. The molecule has 1 N–H and O–H groups in total. The lowest BCUT2D eigenvalue weighted by Crippen LogP contribution is -2.13. The summed E-state index contributed by atoms with van der Waals surface area (Å²) in [5, 5.41) is 7.40. The Hall–Kier alpha value is -1.43. The summed E-state index contributed by atoms with van der Waals surface area (Å²) in [6.45, 7) is 7.20. The molecule has 0 spiro atoms. The molecule has 0 saturated heterocycles. The second kappa shape index (κ2) is 7.72. The van der Waals surface area contributed by atoms with Crippen molar-refractivity contribution in [3.05, 3.63) is 34.6 Å². The summed E-state index contributed by atoms with van der Waals surface area (Å²) in [4.78, 5) is 8.57. The van der Waals surface area contributed by atoms with E-state index in [2.05, 4.69) is 57.1 Å². The number of hydrogen-bond donors (Lipinski definition) is 1. The van der Waals surface area contributed by atoms with E-state index in [1.165, 1.54) is 0 Å². The van der Waals surface area contributed by atoms with E-state index in [1.54, 1.807) is 6.20 Å². The SMILES string of the molecule is CC(C)(C)c1noc(CCCCCNc2cncc(Br)c2)n1. The molecule has 0 saturated carbocycles. The van der Waals surface area contributed by atoms with Crippen LogP contribution in [0.2, 0.25) is 0 Å². The van der Waals surface area contributed by atoms with Crippen LogP contribution in [0.15, 0.2) is 27.5 Å². The largest absolute Gasteiger partial charge is 0.384 e. The summed E-state index contributed by atoms with van der Waals surface area (Å²) in [5.41, 5.74) is 0.991. The standard InChI is InChI=1S/C16H23BrN4O/c1-16(2,3)15-20-14(22-21-15)7-5-4-6-8-19-13-9-12(17)10-18-11-13/h9-11,19H,4-8H2,1-3H3. The Kier molecular flexibility index (Phi) is 5.94. The summed E-state index contributed by atoms with van der Waals surface area (Å²) < 4.78 is 6.28. The van der Waals surface area contributed by atoms with Crippen molar-refractivity contribution in [2.24, 2.45) is 0 Å². The minimum absolute atomic E-state index is 0.0519. The highest BCUT2D eigenvalue weighted by atomic mass is 79.9.